The monoisotopic (exact) mass is 279 g/mol. The van der Waals surface area contributed by atoms with E-state index < -0.39 is 0 Å². The Morgan fingerprint density at radius 3 is 2.55 bits per heavy atom. The number of amides is 1. The molecule has 3 aliphatic rings. The largest absolute Gasteiger partial charge is 0.342 e. The van der Waals surface area contributed by atoms with E-state index in [2.05, 4.69) is 10.2 Å². The Labute approximate surface area is 122 Å². The zero-order chi connectivity index (χ0) is 13.9. The molecule has 3 fully saturated rings. The molecule has 3 rings (SSSR count). The molecule has 1 aliphatic carbocycles. The van der Waals surface area contributed by atoms with Crippen molar-refractivity contribution in [3.63, 3.8) is 0 Å². The first-order valence-corrected chi connectivity index (χ1v) is 8.52. The van der Waals surface area contributed by atoms with E-state index >= 15 is 0 Å². The molecule has 4 nitrogen and oxygen atoms in total. The number of hydrogen-bond donors (Lipinski definition) is 2. The summed E-state index contributed by atoms with van der Waals surface area (Å²) < 4.78 is 0. The maximum atomic E-state index is 12.7. The molecule has 20 heavy (non-hydrogen) atoms. The molecular formula is C16H29N3O. The van der Waals surface area contributed by atoms with Crippen LogP contribution in [0.2, 0.25) is 0 Å². The number of nitrogens with two attached hydrogens (primary N) is 1. The van der Waals surface area contributed by atoms with Crippen LogP contribution in [0.15, 0.2) is 0 Å². The van der Waals surface area contributed by atoms with Crippen molar-refractivity contribution in [3.8, 4) is 0 Å². The van der Waals surface area contributed by atoms with Gasteiger partial charge in [0.05, 0.1) is 0 Å². The number of hydrogen-bond acceptors (Lipinski definition) is 3. The van der Waals surface area contributed by atoms with Crippen molar-refractivity contribution in [1.29, 1.82) is 0 Å². The van der Waals surface area contributed by atoms with Crippen molar-refractivity contribution < 1.29 is 4.79 Å². The lowest BCUT2D eigenvalue weighted by molar-refractivity contribution is -0.138. The lowest BCUT2D eigenvalue weighted by atomic mass is 9.87. The fourth-order valence-corrected chi connectivity index (χ4v) is 4.51. The van der Waals surface area contributed by atoms with Crippen LogP contribution in [0, 0.1) is 17.8 Å². The minimum Gasteiger partial charge on any atom is -0.342 e. The molecule has 0 spiro atoms. The van der Waals surface area contributed by atoms with E-state index in [1.165, 1.54) is 38.6 Å². The molecule has 3 N–H and O–H groups in total. The summed E-state index contributed by atoms with van der Waals surface area (Å²) in [5.74, 6) is 1.85. The minimum atomic E-state index is 0.223. The molecule has 2 saturated heterocycles. The third kappa shape index (κ3) is 2.86. The highest BCUT2D eigenvalue weighted by Gasteiger charge is 2.37. The van der Waals surface area contributed by atoms with Crippen molar-refractivity contribution >= 4 is 5.91 Å². The summed E-state index contributed by atoms with van der Waals surface area (Å²) in [4.78, 5) is 14.8. The topological polar surface area (TPSA) is 58.4 Å². The van der Waals surface area contributed by atoms with E-state index in [1.54, 1.807) is 0 Å². The summed E-state index contributed by atoms with van der Waals surface area (Å²) in [5, 5.41) is 3.62. The average molecular weight is 279 g/mol. The highest BCUT2D eigenvalue weighted by atomic mass is 16.2. The van der Waals surface area contributed by atoms with E-state index in [9.17, 15) is 4.79 Å². The number of nitrogens with zero attached hydrogens (tertiary/aromatic N) is 1. The van der Waals surface area contributed by atoms with Crippen LogP contribution in [0.1, 0.15) is 44.9 Å². The summed E-state index contributed by atoms with van der Waals surface area (Å²) in [6.45, 7) is 3.80. The number of carbonyl (C=O) groups is 1. The first-order chi connectivity index (χ1) is 9.79. The van der Waals surface area contributed by atoms with Gasteiger partial charge in [-0.15, -0.1) is 0 Å². The molecule has 1 unspecified atom stereocenters. The average Bonchev–Trinajstić information content (AvgIpc) is 3.17. The van der Waals surface area contributed by atoms with Gasteiger partial charge in [0.15, 0.2) is 0 Å². The van der Waals surface area contributed by atoms with Gasteiger partial charge < -0.3 is 16.0 Å². The Morgan fingerprint density at radius 1 is 1.10 bits per heavy atom. The second kappa shape index (κ2) is 6.44. The molecule has 0 aromatic heterocycles. The third-order valence-corrected chi connectivity index (χ3v) is 5.80. The molecular weight excluding hydrogens is 250 g/mol. The minimum absolute atomic E-state index is 0.223. The van der Waals surface area contributed by atoms with Crippen molar-refractivity contribution in [2.75, 3.05) is 26.2 Å². The SMILES string of the molecule is NC[C@H]1CCC[C@H]1C(=O)N1CCC(C2CCCN2)CC1. The van der Waals surface area contributed by atoms with Crippen LogP contribution in [-0.4, -0.2) is 43.0 Å². The van der Waals surface area contributed by atoms with Gasteiger partial charge in [0.25, 0.3) is 0 Å². The predicted octanol–water partition coefficient (Wildman–Crippen LogP) is 1.35. The molecule has 0 radical (unpaired) electrons. The van der Waals surface area contributed by atoms with Gasteiger partial charge in [-0.05, 0) is 63.5 Å². The quantitative estimate of drug-likeness (QED) is 0.820. The molecule has 1 saturated carbocycles. The zero-order valence-electron chi connectivity index (χ0n) is 12.5. The van der Waals surface area contributed by atoms with E-state index in [0.29, 0.717) is 18.4 Å². The van der Waals surface area contributed by atoms with Crippen LogP contribution in [0.25, 0.3) is 0 Å². The Balaban J connectivity index is 1.51. The van der Waals surface area contributed by atoms with Gasteiger partial charge in [0, 0.05) is 25.0 Å². The highest BCUT2D eigenvalue weighted by Crippen LogP contribution is 2.34. The number of piperidine rings is 1. The molecule has 1 amide bonds. The summed E-state index contributed by atoms with van der Waals surface area (Å²) >= 11 is 0. The summed E-state index contributed by atoms with van der Waals surface area (Å²) in [5.41, 5.74) is 5.82. The fourth-order valence-electron chi connectivity index (χ4n) is 4.51. The summed E-state index contributed by atoms with van der Waals surface area (Å²) in [7, 11) is 0. The van der Waals surface area contributed by atoms with Crippen molar-refractivity contribution in [2.24, 2.45) is 23.5 Å². The summed E-state index contributed by atoms with van der Waals surface area (Å²) in [6.07, 6.45) is 8.41. The number of rotatable bonds is 3. The fraction of sp³-hybridized carbons (Fsp3) is 0.938. The van der Waals surface area contributed by atoms with Gasteiger partial charge in [-0.2, -0.15) is 0 Å². The van der Waals surface area contributed by atoms with Crippen LogP contribution in [-0.2, 0) is 4.79 Å². The molecule has 0 aromatic carbocycles. The Morgan fingerprint density at radius 2 is 1.90 bits per heavy atom. The van der Waals surface area contributed by atoms with E-state index in [4.69, 9.17) is 5.73 Å². The van der Waals surface area contributed by atoms with Gasteiger partial charge >= 0.3 is 0 Å². The van der Waals surface area contributed by atoms with Gasteiger partial charge in [-0.1, -0.05) is 6.42 Å². The highest BCUT2D eigenvalue weighted by molar-refractivity contribution is 5.79. The van der Waals surface area contributed by atoms with Crippen LogP contribution >= 0.6 is 0 Å². The Hall–Kier alpha value is -0.610. The van der Waals surface area contributed by atoms with E-state index in [0.717, 1.165) is 37.9 Å². The number of likely N-dealkylation sites (tertiary alicyclic amines) is 1. The standard InChI is InChI=1S/C16H29N3O/c17-11-13-3-1-4-14(13)16(20)19-9-6-12(7-10-19)15-5-2-8-18-15/h12-15,18H,1-11,17H2/t13-,14-,15?/m1/s1. The summed E-state index contributed by atoms with van der Waals surface area (Å²) in [6, 6.07) is 0.718. The van der Waals surface area contributed by atoms with Crippen LogP contribution in [0.3, 0.4) is 0 Å². The third-order valence-electron chi connectivity index (χ3n) is 5.80. The molecule has 0 bridgehead atoms. The van der Waals surface area contributed by atoms with Gasteiger partial charge in [0.2, 0.25) is 5.91 Å². The zero-order valence-corrected chi connectivity index (χ0v) is 12.5. The number of nitrogens with one attached hydrogen (secondary N) is 1. The molecule has 2 aliphatic heterocycles. The second-order valence-corrected chi connectivity index (χ2v) is 6.90. The lowest BCUT2D eigenvalue weighted by Gasteiger charge is -2.36. The van der Waals surface area contributed by atoms with Crippen molar-refractivity contribution in [3.05, 3.63) is 0 Å². The number of carbonyl (C=O) groups excluding carboxylic acids is 1. The molecule has 3 atom stereocenters. The van der Waals surface area contributed by atoms with Crippen molar-refractivity contribution in [1.82, 2.24) is 10.2 Å². The molecule has 0 aromatic rings. The van der Waals surface area contributed by atoms with Gasteiger partial charge in [0.1, 0.15) is 0 Å². The van der Waals surface area contributed by atoms with Crippen LogP contribution < -0.4 is 11.1 Å². The lowest BCUT2D eigenvalue weighted by Crippen LogP contribution is -2.46. The molecule has 114 valence electrons. The van der Waals surface area contributed by atoms with Crippen LogP contribution in [0.5, 0.6) is 0 Å². The van der Waals surface area contributed by atoms with E-state index in [-0.39, 0.29) is 5.92 Å². The maximum Gasteiger partial charge on any atom is 0.226 e. The Kier molecular flexibility index (Phi) is 4.61. The van der Waals surface area contributed by atoms with Crippen LogP contribution in [0.4, 0.5) is 0 Å². The second-order valence-electron chi connectivity index (χ2n) is 6.90. The molecule has 4 heteroatoms. The smallest absolute Gasteiger partial charge is 0.226 e. The van der Waals surface area contributed by atoms with Crippen molar-refractivity contribution in [2.45, 2.75) is 51.0 Å². The van der Waals surface area contributed by atoms with E-state index in [1.807, 2.05) is 0 Å². The van der Waals surface area contributed by atoms with Gasteiger partial charge in [-0.25, -0.2) is 0 Å². The first-order valence-electron chi connectivity index (χ1n) is 8.52. The first kappa shape index (κ1) is 14.3. The maximum absolute atomic E-state index is 12.7. The van der Waals surface area contributed by atoms with Gasteiger partial charge in [-0.3, -0.25) is 4.79 Å². The Bertz CT molecular complexity index is 333. The normalized spacial score (nSPS) is 35.6. The molecule has 2 heterocycles. The predicted molar refractivity (Wildman–Crippen MR) is 80.2 cm³/mol.